The number of hydrogen-bond acceptors (Lipinski definition) is 3. The first kappa shape index (κ1) is 14.5. The smallest absolute Gasteiger partial charge is 0.187 e. The molecule has 112 valence electrons. The van der Waals surface area contributed by atoms with Crippen LogP contribution in [0.15, 0.2) is 60.8 Å². The van der Waals surface area contributed by atoms with Crippen molar-refractivity contribution < 1.29 is 10.0 Å². The molecule has 0 bridgehead atoms. The van der Waals surface area contributed by atoms with E-state index in [1.54, 1.807) is 12.1 Å². The van der Waals surface area contributed by atoms with Crippen LogP contribution in [-0.4, -0.2) is 11.0 Å². The molecule has 0 aliphatic heterocycles. The van der Waals surface area contributed by atoms with Gasteiger partial charge in [-0.05, 0) is 55.0 Å². The van der Waals surface area contributed by atoms with Gasteiger partial charge in [-0.25, -0.2) is 5.06 Å². The van der Waals surface area contributed by atoms with Crippen molar-refractivity contribution in [2.24, 2.45) is 0 Å². The summed E-state index contributed by atoms with van der Waals surface area (Å²) in [5.74, 6) is -0.0941. The van der Waals surface area contributed by atoms with Crippen molar-refractivity contribution in [2.75, 3.05) is 5.06 Å². The molecule has 0 fully saturated rings. The Morgan fingerprint density at radius 3 is 2.50 bits per heavy atom. The summed E-state index contributed by atoms with van der Waals surface area (Å²) in [6, 6.07) is 15.0. The van der Waals surface area contributed by atoms with Gasteiger partial charge in [0.15, 0.2) is 5.78 Å². The molecule has 2 aromatic rings. The fourth-order valence-electron chi connectivity index (χ4n) is 2.79. The quantitative estimate of drug-likeness (QED) is 0.523. The molecule has 0 atom stereocenters. The van der Waals surface area contributed by atoms with Crippen molar-refractivity contribution >= 4 is 11.5 Å². The average molecular weight is 293 g/mol. The molecule has 0 aromatic heterocycles. The molecule has 0 heterocycles. The number of aryl methyl sites for hydroxylation is 2. The number of carbonyl (C=O) groups excluding carboxylic acids is 1. The van der Waals surface area contributed by atoms with E-state index in [2.05, 4.69) is 6.07 Å². The van der Waals surface area contributed by atoms with Gasteiger partial charge >= 0.3 is 0 Å². The third-order valence-corrected chi connectivity index (χ3v) is 4.02. The monoisotopic (exact) mass is 293 g/mol. The van der Waals surface area contributed by atoms with E-state index in [1.165, 1.54) is 36.2 Å². The lowest BCUT2D eigenvalue weighted by Crippen LogP contribution is -2.10. The topological polar surface area (TPSA) is 40.5 Å². The summed E-state index contributed by atoms with van der Waals surface area (Å²) in [5, 5.41) is 10.9. The highest BCUT2D eigenvalue weighted by Gasteiger charge is 2.11. The molecule has 1 aliphatic rings. The lowest BCUT2D eigenvalue weighted by molar-refractivity contribution is 0.104. The number of allylic oxidation sites excluding steroid dienone is 1. The number of hydrogen-bond donors (Lipinski definition) is 1. The first-order valence-corrected chi connectivity index (χ1v) is 7.61. The average Bonchev–Trinajstić information content (AvgIpc) is 2.59. The van der Waals surface area contributed by atoms with E-state index >= 15 is 0 Å². The second kappa shape index (κ2) is 6.58. The Morgan fingerprint density at radius 1 is 1.00 bits per heavy atom. The van der Waals surface area contributed by atoms with E-state index in [4.69, 9.17) is 0 Å². The summed E-state index contributed by atoms with van der Waals surface area (Å²) >= 11 is 0. The maximum absolute atomic E-state index is 12.2. The highest BCUT2D eigenvalue weighted by atomic mass is 16.5. The minimum Gasteiger partial charge on any atom is -0.289 e. The van der Waals surface area contributed by atoms with Gasteiger partial charge in [0, 0.05) is 17.8 Å². The van der Waals surface area contributed by atoms with Crippen LogP contribution in [0.1, 0.15) is 34.3 Å². The second-order valence-corrected chi connectivity index (χ2v) is 5.55. The van der Waals surface area contributed by atoms with Gasteiger partial charge in [-0.3, -0.25) is 10.0 Å². The molecule has 0 spiro atoms. The van der Waals surface area contributed by atoms with Crippen LogP contribution in [0.4, 0.5) is 5.69 Å². The molecule has 3 heteroatoms. The van der Waals surface area contributed by atoms with E-state index in [9.17, 15) is 10.0 Å². The maximum Gasteiger partial charge on any atom is 0.187 e. The van der Waals surface area contributed by atoms with Crippen LogP contribution in [0, 0.1) is 0 Å². The number of nitrogens with zero attached hydrogens (tertiary/aromatic N) is 1. The van der Waals surface area contributed by atoms with Crippen molar-refractivity contribution in [3.8, 4) is 0 Å². The van der Waals surface area contributed by atoms with Gasteiger partial charge in [-0.15, -0.1) is 0 Å². The Hall–Kier alpha value is -2.39. The molecule has 1 N–H and O–H groups in total. The molecule has 0 amide bonds. The summed E-state index contributed by atoms with van der Waals surface area (Å²) in [6.45, 7) is 0. The van der Waals surface area contributed by atoms with Gasteiger partial charge in [0.1, 0.15) is 0 Å². The predicted molar refractivity (Wildman–Crippen MR) is 87.3 cm³/mol. The first-order valence-electron chi connectivity index (χ1n) is 7.61. The number of anilines is 1. The lowest BCUT2D eigenvalue weighted by Gasteiger charge is -2.16. The van der Waals surface area contributed by atoms with Crippen LogP contribution in [0.2, 0.25) is 0 Å². The second-order valence-electron chi connectivity index (χ2n) is 5.55. The molecule has 3 rings (SSSR count). The van der Waals surface area contributed by atoms with E-state index < -0.39 is 0 Å². The minimum atomic E-state index is -0.0941. The molecule has 0 saturated carbocycles. The molecule has 0 saturated heterocycles. The van der Waals surface area contributed by atoms with Crippen molar-refractivity contribution in [1.82, 2.24) is 0 Å². The van der Waals surface area contributed by atoms with Crippen LogP contribution in [-0.2, 0) is 12.8 Å². The van der Waals surface area contributed by atoms with Crippen molar-refractivity contribution in [3.63, 3.8) is 0 Å². The summed E-state index contributed by atoms with van der Waals surface area (Å²) in [6.07, 6.45) is 7.37. The van der Waals surface area contributed by atoms with E-state index in [1.807, 2.05) is 30.3 Å². The number of fused-ring (bicyclic) bond motifs is 1. The number of hydroxylamine groups is 1. The molecular formula is C19H19NO2. The van der Waals surface area contributed by atoms with Crippen molar-refractivity contribution in [1.29, 1.82) is 0 Å². The molecule has 3 nitrogen and oxygen atoms in total. The van der Waals surface area contributed by atoms with Gasteiger partial charge in [0.2, 0.25) is 0 Å². The minimum absolute atomic E-state index is 0.0941. The Kier molecular flexibility index (Phi) is 4.35. The summed E-state index contributed by atoms with van der Waals surface area (Å²) < 4.78 is 0. The number of benzene rings is 2. The van der Waals surface area contributed by atoms with Gasteiger partial charge < -0.3 is 0 Å². The van der Waals surface area contributed by atoms with Crippen LogP contribution in [0.25, 0.3) is 0 Å². The number of para-hydroxylation sites is 1. The van der Waals surface area contributed by atoms with Crippen molar-refractivity contribution in [3.05, 3.63) is 77.5 Å². The zero-order valence-electron chi connectivity index (χ0n) is 12.4. The summed E-state index contributed by atoms with van der Waals surface area (Å²) in [7, 11) is 0. The van der Waals surface area contributed by atoms with E-state index in [0.29, 0.717) is 11.3 Å². The van der Waals surface area contributed by atoms with Crippen LogP contribution >= 0.6 is 0 Å². The van der Waals surface area contributed by atoms with Gasteiger partial charge in [-0.2, -0.15) is 0 Å². The summed E-state index contributed by atoms with van der Waals surface area (Å²) in [4.78, 5) is 12.2. The molecule has 0 radical (unpaired) electrons. The molecule has 0 unspecified atom stereocenters. The Labute approximate surface area is 130 Å². The largest absolute Gasteiger partial charge is 0.289 e. The Bertz CT molecular complexity index is 692. The normalized spacial score (nSPS) is 13.9. The highest BCUT2D eigenvalue weighted by Crippen LogP contribution is 2.22. The third-order valence-electron chi connectivity index (χ3n) is 4.02. The third kappa shape index (κ3) is 3.26. The van der Waals surface area contributed by atoms with Crippen LogP contribution in [0.3, 0.4) is 0 Å². The Morgan fingerprint density at radius 2 is 1.73 bits per heavy atom. The number of carbonyl (C=O) groups is 1. The van der Waals surface area contributed by atoms with Gasteiger partial charge in [0.05, 0.1) is 5.69 Å². The number of rotatable bonds is 4. The zero-order chi connectivity index (χ0) is 15.4. The van der Waals surface area contributed by atoms with Gasteiger partial charge in [-0.1, -0.05) is 30.3 Å². The molecular weight excluding hydrogens is 274 g/mol. The first-order chi connectivity index (χ1) is 10.7. The molecule has 2 aromatic carbocycles. The highest BCUT2D eigenvalue weighted by molar-refractivity contribution is 6.04. The van der Waals surface area contributed by atoms with E-state index in [-0.39, 0.29) is 5.78 Å². The predicted octanol–water partition coefficient (Wildman–Crippen LogP) is 4.16. The van der Waals surface area contributed by atoms with Crippen LogP contribution in [0.5, 0.6) is 0 Å². The SMILES string of the molecule is O=C(/C=C/N(O)c1ccccc1)c1ccc2c(c1)CCCC2. The van der Waals surface area contributed by atoms with Gasteiger partial charge in [0.25, 0.3) is 0 Å². The standard InChI is InChI=1S/C19H19NO2/c21-19(12-13-20(22)18-8-2-1-3-9-18)17-11-10-15-6-4-5-7-16(15)14-17/h1-3,8-14,22H,4-7H2/b13-12+. The molecule has 22 heavy (non-hydrogen) atoms. The summed E-state index contributed by atoms with van der Waals surface area (Å²) in [5.41, 5.74) is 3.95. The fourth-order valence-corrected chi connectivity index (χ4v) is 2.79. The number of ketones is 1. The van der Waals surface area contributed by atoms with Crippen LogP contribution < -0.4 is 5.06 Å². The zero-order valence-corrected chi connectivity index (χ0v) is 12.4. The Balaban J connectivity index is 1.73. The van der Waals surface area contributed by atoms with Crippen molar-refractivity contribution in [2.45, 2.75) is 25.7 Å². The van der Waals surface area contributed by atoms with E-state index in [0.717, 1.165) is 17.9 Å². The lowest BCUT2D eigenvalue weighted by atomic mass is 9.90. The fraction of sp³-hybridized carbons (Fsp3) is 0.211. The molecule has 1 aliphatic carbocycles. The maximum atomic E-state index is 12.2.